The Bertz CT molecular complexity index is 321. The molecule has 0 aliphatic carbocycles. The molecule has 1 fully saturated rings. The highest BCUT2D eigenvalue weighted by atomic mass is 16.5. The highest BCUT2D eigenvalue weighted by Gasteiger charge is 2.31. The van der Waals surface area contributed by atoms with Crippen molar-refractivity contribution in [1.82, 2.24) is 4.90 Å². The number of ether oxygens (including phenoxy) is 1. The van der Waals surface area contributed by atoms with Gasteiger partial charge >= 0.3 is 5.97 Å². The van der Waals surface area contributed by atoms with Gasteiger partial charge in [0, 0.05) is 0 Å². The summed E-state index contributed by atoms with van der Waals surface area (Å²) in [6.07, 6.45) is 3.58. The Hall–Kier alpha value is -1.29. The fourth-order valence-corrected chi connectivity index (χ4v) is 2.02. The van der Waals surface area contributed by atoms with E-state index >= 15 is 0 Å². The van der Waals surface area contributed by atoms with Crippen LogP contribution in [0.5, 0.6) is 0 Å². The molecule has 1 unspecified atom stereocenters. The van der Waals surface area contributed by atoms with Crippen LogP contribution in [0.1, 0.15) is 18.6 Å². The van der Waals surface area contributed by atoms with Gasteiger partial charge in [0.1, 0.15) is 11.8 Å². The van der Waals surface area contributed by atoms with Gasteiger partial charge in [-0.05, 0) is 31.5 Å². The summed E-state index contributed by atoms with van der Waals surface area (Å²) in [5.41, 5.74) is 0. The molecule has 82 valence electrons. The lowest BCUT2D eigenvalue weighted by Gasteiger charge is -2.20. The Balaban J connectivity index is 1.99. The van der Waals surface area contributed by atoms with Crippen LogP contribution in [0.3, 0.4) is 0 Å². The van der Waals surface area contributed by atoms with Crippen LogP contribution in [-0.2, 0) is 16.1 Å². The van der Waals surface area contributed by atoms with Crippen molar-refractivity contribution in [1.29, 1.82) is 0 Å². The third-order valence-electron chi connectivity index (χ3n) is 2.78. The van der Waals surface area contributed by atoms with Crippen molar-refractivity contribution in [3.8, 4) is 0 Å². The zero-order chi connectivity index (χ0) is 10.7. The quantitative estimate of drug-likeness (QED) is 0.706. The number of hydrogen-bond donors (Lipinski definition) is 0. The third-order valence-corrected chi connectivity index (χ3v) is 2.78. The molecule has 1 aliphatic heterocycles. The van der Waals surface area contributed by atoms with Crippen LogP contribution in [0.25, 0.3) is 0 Å². The summed E-state index contributed by atoms with van der Waals surface area (Å²) in [5, 5.41) is 0. The van der Waals surface area contributed by atoms with Crippen LogP contribution in [0.15, 0.2) is 22.8 Å². The molecular formula is C11H15NO3. The number of hydrogen-bond acceptors (Lipinski definition) is 4. The second kappa shape index (κ2) is 4.49. The molecule has 0 spiro atoms. The average Bonchev–Trinajstić information content (AvgIpc) is 2.88. The lowest BCUT2D eigenvalue weighted by Crippen LogP contribution is -2.36. The van der Waals surface area contributed by atoms with E-state index in [4.69, 9.17) is 9.15 Å². The summed E-state index contributed by atoms with van der Waals surface area (Å²) in [4.78, 5) is 13.6. The van der Waals surface area contributed by atoms with Gasteiger partial charge in [0.15, 0.2) is 0 Å². The van der Waals surface area contributed by atoms with Gasteiger partial charge in [-0.25, -0.2) is 0 Å². The molecule has 0 amide bonds. The number of methoxy groups -OCH3 is 1. The van der Waals surface area contributed by atoms with E-state index in [0.717, 1.165) is 25.1 Å². The molecule has 1 atom stereocenters. The molecule has 0 bridgehead atoms. The standard InChI is InChI=1S/C11H15NO3/c1-14-11(13)10-5-2-6-12(10)8-9-4-3-7-15-9/h3-4,7,10H,2,5-6,8H2,1H3. The Labute approximate surface area is 88.8 Å². The zero-order valence-corrected chi connectivity index (χ0v) is 8.81. The fraction of sp³-hybridized carbons (Fsp3) is 0.545. The van der Waals surface area contributed by atoms with Crippen LogP contribution in [0.4, 0.5) is 0 Å². The lowest BCUT2D eigenvalue weighted by atomic mass is 10.2. The van der Waals surface area contributed by atoms with Crippen molar-refractivity contribution in [2.24, 2.45) is 0 Å². The molecule has 2 rings (SSSR count). The van der Waals surface area contributed by atoms with Gasteiger partial charge in [-0.3, -0.25) is 9.69 Å². The van der Waals surface area contributed by atoms with Crippen molar-refractivity contribution < 1.29 is 13.9 Å². The molecular weight excluding hydrogens is 194 g/mol. The summed E-state index contributed by atoms with van der Waals surface area (Å²) in [6.45, 7) is 1.62. The van der Waals surface area contributed by atoms with Crippen LogP contribution in [0.2, 0.25) is 0 Å². The highest BCUT2D eigenvalue weighted by molar-refractivity contribution is 5.75. The predicted octanol–water partition coefficient (Wildman–Crippen LogP) is 1.42. The predicted molar refractivity (Wildman–Crippen MR) is 54.2 cm³/mol. The SMILES string of the molecule is COC(=O)C1CCCN1Cc1ccco1. The maximum atomic E-state index is 11.5. The molecule has 15 heavy (non-hydrogen) atoms. The first-order chi connectivity index (χ1) is 7.31. The van der Waals surface area contributed by atoms with Gasteiger partial charge in [-0.2, -0.15) is 0 Å². The van der Waals surface area contributed by atoms with Crippen LogP contribution >= 0.6 is 0 Å². The minimum Gasteiger partial charge on any atom is -0.468 e. The van der Waals surface area contributed by atoms with Gasteiger partial charge in [-0.15, -0.1) is 0 Å². The summed E-state index contributed by atoms with van der Waals surface area (Å²) in [6, 6.07) is 3.69. The third kappa shape index (κ3) is 2.21. The summed E-state index contributed by atoms with van der Waals surface area (Å²) < 4.78 is 10.0. The van der Waals surface area contributed by atoms with Gasteiger partial charge < -0.3 is 9.15 Å². The molecule has 0 aromatic carbocycles. The number of likely N-dealkylation sites (tertiary alicyclic amines) is 1. The molecule has 1 aliphatic rings. The maximum Gasteiger partial charge on any atom is 0.323 e. The van der Waals surface area contributed by atoms with Crippen molar-refractivity contribution in [3.05, 3.63) is 24.2 Å². The first-order valence-electron chi connectivity index (χ1n) is 5.15. The summed E-state index contributed by atoms with van der Waals surface area (Å²) >= 11 is 0. The maximum absolute atomic E-state index is 11.5. The van der Waals surface area contributed by atoms with E-state index in [1.165, 1.54) is 7.11 Å². The highest BCUT2D eigenvalue weighted by Crippen LogP contribution is 2.20. The van der Waals surface area contributed by atoms with Crippen LogP contribution < -0.4 is 0 Å². The fourth-order valence-electron chi connectivity index (χ4n) is 2.02. The molecule has 0 radical (unpaired) electrons. The minimum atomic E-state index is -0.140. The first kappa shape index (κ1) is 10.2. The minimum absolute atomic E-state index is 0.0971. The largest absolute Gasteiger partial charge is 0.468 e. The normalized spacial score (nSPS) is 21.8. The van der Waals surface area contributed by atoms with E-state index in [1.54, 1.807) is 6.26 Å². The Morgan fingerprint density at radius 3 is 3.27 bits per heavy atom. The monoisotopic (exact) mass is 209 g/mol. The molecule has 0 saturated carbocycles. The van der Waals surface area contributed by atoms with Gasteiger partial charge in [0.25, 0.3) is 0 Å². The zero-order valence-electron chi connectivity index (χ0n) is 8.81. The van der Waals surface area contributed by atoms with Crippen molar-refractivity contribution in [2.75, 3.05) is 13.7 Å². The second-order valence-electron chi connectivity index (χ2n) is 3.73. The van der Waals surface area contributed by atoms with Gasteiger partial charge in [0.2, 0.25) is 0 Å². The molecule has 0 N–H and O–H groups in total. The van der Waals surface area contributed by atoms with E-state index in [1.807, 2.05) is 12.1 Å². The van der Waals surface area contributed by atoms with E-state index < -0.39 is 0 Å². The van der Waals surface area contributed by atoms with Crippen molar-refractivity contribution in [3.63, 3.8) is 0 Å². The number of carbonyl (C=O) groups is 1. The molecule has 1 aromatic heterocycles. The smallest absolute Gasteiger partial charge is 0.323 e. The van der Waals surface area contributed by atoms with Gasteiger partial charge in [0.05, 0.1) is 19.9 Å². The number of rotatable bonds is 3. The lowest BCUT2D eigenvalue weighted by molar-refractivity contribution is -0.146. The Morgan fingerprint density at radius 2 is 2.60 bits per heavy atom. The Morgan fingerprint density at radius 1 is 1.73 bits per heavy atom. The van der Waals surface area contributed by atoms with E-state index in [0.29, 0.717) is 6.54 Å². The Kier molecular flexibility index (Phi) is 3.06. The second-order valence-corrected chi connectivity index (χ2v) is 3.73. The molecule has 4 nitrogen and oxygen atoms in total. The van der Waals surface area contributed by atoms with Crippen LogP contribution in [-0.4, -0.2) is 30.6 Å². The topological polar surface area (TPSA) is 42.7 Å². The van der Waals surface area contributed by atoms with E-state index in [2.05, 4.69) is 4.90 Å². The summed E-state index contributed by atoms with van der Waals surface area (Å²) in [7, 11) is 1.44. The molecule has 4 heteroatoms. The van der Waals surface area contributed by atoms with Crippen molar-refractivity contribution >= 4 is 5.97 Å². The van der Waals surface area contributed by atoms with Crippen LogP contribution in [0, 0.1) is 0 Å². The van der Waals surface area contributed by atoms with Crippen molar-refractivity contribution in [2.45, 2.75) is 25.4 Å². The number of esters is 1. The number of nitrogens with zero attached hydrogens (tertiary/aromatic N) is 1. The molecule has 1 saturated heterocycles. The van der Waals surface area contributed by atoms with Gasteiger partial charge in [-0.1, -0.05) is 0 Å². The summed E-state index contributed by atoms with van der Waals surface area (Å²) in [5.74, 6) is 0.754. The molecule has 2 heterocycles. The molecule has 1 aromatic rings. The number of carbonyl (C=O) groups excluding carboxylic acids is 1. The first-order valence-corrected chi connectivity index (χ1v) is 5.15. The number of furan rings is 1. The average molecular weight is 209 g/mol. The van der Waals surface area contributed by atoms with E-state index in [9.17, 15) is 4.79 Å². The van der Waals surface area contributed by atoms with E-state index in [-0.39, 0.29) is 12.0 Å².